The first-order valence-electron chi connectivity index (χ1n) is 7.00. The van der Waals surface area contributed by atoms with Crippen LogP contribution in [0.2, 0.25) is 0 Å². The Hall–Kier alpha value is -1.00. The number of methoxy groups -OCH3 is 1. The fourth-order valence-electron chi connectivity index (χ4n) is 2.74. The van der Waals surface area contributed by atoms with Gasteiger partial charge in [-0.05, 0) is 48.6 Å². The molecule has 0 bridgehead atoms. The monoisotopic (exact) mass is 409 g/mol. The summed E-state index contributed by atoms with van der Waals surface area (Å²) in [4.78, 5) is 0. The first-order valence-corrected chi connectivity index (χ1v) is 8.59. The van der Waals surface area contributed by atoms with Crippen molar-refractivity contribution in [2.75, 3.05) is 12.4 Å². The van der Waals surface area contributed by atoms with Crippen molar-refractivity contribution in [2.24, 2.45) is 0 Å². The molecular formula is C17H17Br2NO. The zero-order chi connectivity index (χ0) is 14.8. The van der Waals surface area contributed by atoms with Crippen LogP contribution >= 0.6 is 31.9 Å². The molecule has 1 saturated carbocycles. The van der Waals surface area contributed by atoms with E-state index in [9.17, 15) is 0 Å². The van der Waals surface area contributed by atoms with Crippen molar-refractivity contribution in [1.82, 2.24) is 0 Å². The summed E-state index contributed by atoms with van der Waals surface area (Å²) in [6.45, 7) is 0. The van der Waals surface area contributed by atoms with E-state index in [4.69, 9.17) is 4.74 Å². The van der Waals surface area contributed by atoms with Crippen LogP contribution in [0.15, 0.2) is 51.4 Å². The minimum absolute atomic E-state index is 0.539. The predicted octanol–water partition coefficient (Wildman–Crippen LogP) is 5.58. The molecule has 0 amide bonds. The molecular weight excluding hydrogens is 394 g/mol. The molecule has 110 valence electrons. The predicted molar refractivity (Wildman–Crippen MR) is 94.2 cm³/mol. The Labute approximate surface area is 142 Å². The Balaban J connectivity index is 1.59. The number of hydrogen-bond donors (Lipinski definition) is 1. The fourth-order valence-corrected chi connectivity index (χ4v) is 3.48. The van der Waals surface area contributed by atoms with Gasteiger partial charge in [-0.15, -0.1) is 0 Å². The second-order valence-electron chi connectivity index (χ2n) is 5.44. The van der Waals surface area contributed by atoms with E-state index >= 15 is 0 Å². The van der Waals surface area contributed by atoms with Crippen molar-refractivity contribution < 1.29 is 4.74 Å². The third kappa shape index (κ3) is 3.61. The average molecular weight is 411 g/mol. The highest BCUT2D eigenvalue weighted by Gasteiger charge is 2.30. The average Bonchev–Trinajstić information content (AvgIpc) is 2.43. The zero-order valence-electron chi connectivity index (χ0n) is 11.8. The molecule has 1 aliphatic rings. The maximum atomic E-state index is 5.30. The quantitative estimate of drug-likeness (QED) is 0.710. The van der Waals surface area contributed by atoms with Crippen molar-refractivity contribution in [3.63, 3.8) is 0 Å². The van der Waals surface area contributed by atoms with Crippen LogP contribution in [-0.2, 0) is 0 Å². The van der Waals surface area contributed by atoms with E-state index in [0.29, 0.717) is 12.0 Å². The number of hydrogen-bond acceptors (Lipinski definition) is 2. The highest BCUT2D eigenvalue weighted by molar-refractivity contribution is 9.10. The largest absolute Gasteiger partial charge is 0.497 e. The lowest BCUT2D eigenvalue weighted by atomic mass is 9.76. The van der Waals surface area contributed by atoms with Gasteiger partial charge in [0.2, 0.25) is 0 Å². The van der Waals surface area contributed by atoms with E-state index < -0.39 is 0 Å². The van der Waals surface area contributed by atoms with E-state index in [0.717, 1.165) is 20.4 Å². The summed E-state index contributed by atoms with van der Waals surface area (Å²) in [7, 11) is 1.69. The first-order chi connectivity index (χ1) is 10.1. The van der Waals surface area contributed by atoms with E-state index in [2.05, 4.69) is 67.5 Å². The van der Waals surface area contributed by atoms with Gasteiger partial charge < -0.3 is 10.1 Å². The van der Waals surface area contributed by atoms with Crippen molar-refractivity contribution in [3.8, 4) is 5.75 Å². The van der Waals surface area contributed by atoms with Crippen LogP contribution in [0.25, 0.3) is 0 Å². The number of benzene rings is 2. The van der Waals surface area contributed by atoms with Gasteiger partial charge in [-0.25, -0.2) is 0 Å². The van der Waals surface area contributed by atoms with Gasteiger partial charge in [0.15, 0.2) is 0 Å². The zero-order valence-corrected chi connectivity index (χ0v) is 14.9. The second kappa shape index (κ2) is 6.41. The normalized spacial score (nSPS) is 20.7. The minimum Gasteiger partial charge on any atom is -0.497 e. The Morgan fingerprint density at radius 2 is 1.71 bits per heavy atom. The van der Waals surface area contributed by atoms with Gasteiger partial charge in [0.05, 0.1) is 7.11 Å². The highest BCUT2D eigenvalue weighted by atomic mass is 79.9. The van der Waals surface area contributed by atoms with Gasteiger partial charge in [0.25, 0.3) is 0 Å². The standard InChI is InChI=1S/C17H17Br2NO/c1-21-17-9-14(19)8-16(10-17)20-15-6-12(7-15)11-2-4-13(18)5-3-11/h2-5,8-10,12,15,20H,6-7H2,1H3. The third-order valence-electron chi connectivity index (χ3n) is 3.96. The molecule has 3 rings (SSSR count). The summed E-state index contributed by atoms with van der Waals surface area (Å²) in [6, 6.07) is 15.3. The molecule has 4 heteroatoms. The molecule has 1 fully saturated rings. The maximum Gasteiger partial charge on any atom is 0.122 e. The number of rotatable bonds is 4. The smallest absolute Gasteiger partial charge is 0.122 e. The summed E-state index contributed by atoms with van der Waals surface area (Å²) < 4.78 is 7.47. The van der Waals surface area contributed by atoms with Crippen LogP contribution in [0.1, 0.15) is 24.3 Å². The molecule has 0 aliphatic heterocycles. The van der Waals surface area contributed by atoms with Crippen LogP contribution in [0.5, 0.6) is 5.75 Å². The van der Waals surface area contributed by atoms with Gasteiger partial charge in [0.1, 0.15) is 5.75 Å². The van der Waals surface area contributed by atoms with Crippen molar-refractivity contribution in [3.05, 3.63) is 57.0 Å². The summed E-state index contributed by atoms with van der Waals surface area (Å²) in [6.07, 6.45) is 2.35. The molecule has 0 heterocycles. The molecule has 1 aliphatic carbocycles. The second-order valence-corrected chi connectivity index (χ2v) is 7.27. The Kier molecular flexibility index (Phi) is 4.55. The van der Waals surface area contributed by atoms with Crippen LogP contribution in [0, 0.1) is 0 Å². The van der Waals surface area contributed by atoms with E-state index in [-0.39, 0.29) is 0 Å². The van der Waals surface area contributed by atoms with Crippen molar-refractivity contribution in [2.45, 2.75) is 24.8 Å². The van der Waals surface area contributed by atoms with Crippen molar-refractivity contribution in [1.29, 1.82) is 0 Å². The highest BCUT2D eigenvalue weighted by Crippen LogP contribution is 2.39. The lowest BCUT2D eigenvalue weighted by Gasteiger charge is -2.37. The summed E-state index contributed by atoms with van der Waals surface area (Å²) in [5.41, 5.74) is 2.54. The fraction of sp³-hybridized carbons (Fsp3) is 0.294. The molecule has 0 radical (unpaired) electrons. The minimum atomic E-state index is 0.539. The van der Waals surface area contributed by atoms with Crippen LogP contribution in [0.4, 0.5) is 5.69 Å². The number of anilines is 1. The molecule has 2 aromatic carbocycles. The SMILES string of the molecule is COc1cc(Br)cc(NC2CC(c3ccc(Br)cc3)C2)c1. The number of nitrogens with one attached hydrogen (secondary N) is 1. The molecule has 2 aromatic rings. The maximum absolute atomic E-state index is 5.30. The van der Waals surface area contributed by atoms with Crippen LogP contribution in [0.3, 0.4) is 0 Å². The molecule has 0 aromatic heterocycles. The topological polar surface area (TPSA) is 21.3 Å². The molecule has 0 atom stereocenters. The van der Waals surface area contributed by atoms with Crippen molar-refractivity contribution >= 4 is 37.5 Å². The lowest BCUT2D eigenvalue weighted by molar-refractivity contribution is 0.373. The summed E-state index contributed by atoms with van der Waals surface area (Å²) in [5, 5.41) is 3.59. The molecule has 2 nitrogen and oxygen atoms in total. The van der Waals surface area contributed by atoms with Gasteiger partial charge in [-0.2, -0.15) is 0 Å². The first kappa shape index (κ1) is 14.9. The Bertz CT molecular complexity index is 621. The number of halogens is 2. The van der Waals surface area contributed by atoms with Gasteiger partial charge >= 0.3 is 0 Å². The third-order valence-corrected chi connectivity index (χ3v) is 4.94. The molecule has 0 spiro atoms. The number of ether oxygens (including phenoxy) is 1. The van der Waals surface area contributed by atoms with E-state index in [1.807, 2.05) is 12.1 Å². The lowest BCUT2D eigenvalue weighted by Crippen LogP contribution is -2.33. The summed E-state index contributed by atoms with van der Waals surface area (Å²) >= 11 is 7.00. The van der Waals surface area contributed by atoms with Crippen LogP contribution in [-0.4, -0.2) is 13.2 Å². The molecule has 1 N–H and O–H groups in total. The molecule has 0 saturated heterocycles. The Morgan fingerprint density at radius 3 is 2.38 bits per heavy atom. The summed E-state index contributed by atoms with van der Waals surface area (Å²) in [5.74, 6) is 1.54. The van der Waals surface area contributed by atoms with Gasteiger partial charge in [-0.1, -0.05) is 44.0 Å². The van der Waals surface area contributed by atoms with E-state index in [1.165, 1.54) is 18.4 Å². The van der Waals surface area contributed by atoms with Gasteiger partial charge in [0, 0.05) is 26.7 Å². The molecule has 0 unspecified atom stereocenters. The van der Waals surface area contributed by atoms with E-state index in [1.54, 1.807) is 7.11 Å². The van der Waals surface area contributed by atoms with Gasteiger partial charge in [-0.3, -0.25) is 0 Å². The molecule has 21 heavy (non-hydrogen) atoms. The Morgan fingerprint density at radius 1 is 1.00 bits per heavy atom. The van der Waals surface area contributed by atoms with Crippen LogP contribution < -0.4 is 10.1 Å².